The number of nitrogens with zero attached hydrogens (tertiary/aromatic N) is 3. The van der Waals surface area contributed by atoms with E-state index in [0.717, 1.165) is 34.9 Å². The van der Waals surface area contributed by atoms with Crippen LogP contribution in [0.1, 0.15) is 37.8 Å². The number of aromatic amines is 1. The lowest BCUT2D eigenvalue weighted by Crippen LogP contribution is -2.55. The molecule has 1 aliphatic heterocycles. The number of piperidine rings is 1. The molecule has 2 amide bonds. The number of fused-ring (bicyclic) bond motifs is 1. The van der Waals surface area contributed by atoms with Crippen molar-refractivity contribution in [2.75, 3.05) is 17.6 Å². The molecule has 30 heavy (non-hydrogen) atoms. The Morgan fingerprint density at radius 1 is 1.30 bits per heavy atom. The summed E-state index contributed by atoms with van der Waals surface area (Å²) in [5.41, 5.74) is 8.28. The number of H-pyrrole nitrogens is 1. The minimum absolute atomic E-state index is 0.313. The van der Waals surface area contributed by atoms with Crippen molar-refractivity contribution in [1.82, 2.24) is 20.1 Å². The Morgan fingerprint density at radius 3 is 2.87 bits per heavy atom. The van der Waals surface area contributed by atoms with Crippen LogP contribution in [0.5, 0.6) is 0 Å². The van der Waals surface area contributed by atoms with Crippen molar-refractivity contribution < 1.29 is 9.59 Å². The number of amides is 2. The Hall–Kier alpha value is -3.42. The van der Waals surface area contributed by atoms with Crippen LogP contribution < -0.4 is 11.1 Å². The highest BCUT2D eigenvalue weighted by Crippen LogP contribution is 2.40. The van der Waals surface area contributed by atoms with Gasteiger partial charge in [0.2, 0.25) is 0 Å². The lowest BCUT2D eigenvalue weighted by molar-refractivity contribution is -0.150. The number of anilines is 2. The van der Waals surface area contributed by atoms with E-state index in [9.17, 15) is 9.59 Å². The summed E-state index contributed by atoms with van der Waals surface area (Å²) >= 11 is 0. The average Bonchev–Trinajstić information content (AvgIpc) is 3.20. The monoisotopic (exact) mass is 406 g/mol. The Morgan fingerprint density at radius 2 is 2.10 bits per heavy atom. The number of benzene rings is 1. The molecule has 3 aromatic rings. The molecule has 1 aromatic carbocycles. The molecule has 8 heteroatoms. The quantitative estimate of drug-likeness (QED) is 0.566. The normalized spacial score (nSPS) is 21.6. The van der Waals surface area contributed by atoms with Crippen molar-refractivity contribution in [2.45, 2.75) is 39.2 Å². The SMILES string of the molecule is Cc1cc(NC(=O)C(=O)N2C[C@@H](C)CC[C@@]2(C)c2ccc3[nH]ncc3c2)cnc1N. The number of rotatable bonds is 2. The molecular formula is C22H26N6O2. The van der Waals surface area contributed by atoms with Crippen LogP contribution in [-0.2, 0) is 15.1 Å². The Kier molecular flexibility index (Phi) is 4.93. The van der Waals surface area contributed by atoms with Gasteiger partial charge in [-0.25, -0.2) is 4.98 Å². The Balaban J connectivity index is 1.63. The number of carbonyl (C=O) groups is 2. The van der Waals surface area contributed by atoms with Crippen LogP contribution >= 0.6 is 0 Å². The molecule has 0 spiro atoms. The number of hydrogen-bond donors (Lipinski definition) is 3. The van der Waals surface area contributed by atoms with E-state index in [0.29, 0.717) is 24.0 Å². The zero-order valence-electron chi connectivity index (χ0n) is 17.4. The van der Waals surface area contributed by atoms with Crippen molar-refractivity contribution in [1.29, 1.82) is 0 Å². The third-order valence-electron chi connectivity index (χ3n) is 6.09. The Bertz CT molecular complexity index is 1120. The fourth-order valence-electron chi connectivity index (χ4n) is 4.11. The van der Waals surface area contributed by atoms with E-state index in [1.165, 1.54) is 6.20 Å². The summed E-state index contributed by atoms with van der Waals surface area (Å²) in [5.74, 6) is -0.518. The number of likely N-dealkylation sites (tertiary alicyclic amines) is 1. The van der Waals surface area contributed by atoms with Crippen LogP contribution in [0, 0.1) is 12.8 Å². The highest BCUT2D eigenvalue weighted by Gasteiger charge is 2.43. The number of pyridine rings is 1. The zero-order chi connectivity index (χ0) is 21.5. The van der Waals surface area contributed by atoms with Gasteiger partial charge in [0.1, 0.15) is 5.82 Å². The molecule has 4 N–H and O–H groups in total. The highest BCUT2D eigenvalue weighted by atomic mass is 16.2. The lowest BCUT2D eigenvalue weighted by Gasteiger charge is -2.47. The summed E-state index contributed by atoms with van der Waals surface area (Å²) in [6, 6.07) is 7.72. The molecule has 2 atom stereocenters. The third-order valence-corrected chi connectivity index (χ3v) is 6.09. The van der Waals surface area contributed by atoms with E-state index < -0.39 is 17.4 Å². The Labute approximate surface area is 174 Å². The molecule has 0 aliphatic carbocycles. The van der Waals surface area contributed by atoms with Crippen molar-refractivity contribution in [3.63, 3.8) is 0 Å². The molecule has 3 heterocycles. The van der Waals surface area contributed by atoms with Gasteiger partial charge >= 0.3 is 11.8 Å². The first-order chi connectivity index (χ1) is 14.3. The van der Waals surface area contributed by atoms with Gasteiger partial charge in [-0.1, -0.05) is 13.0 Å². The summed E-state index contributed by atoms with van der Waals surface area (Å²) < 4.78 is 0. The van der Waals surface area contributed by atoms with Crippen LogP contribution in [-0.4, -0.2) is 38.4 Å². The third kappa shape index (κ3) is 3.49. The summed E-state index contributed by atoms with van der Waals surface area (Å²) in [7, 11) is 0. The molecule has 8 nitrogen and oxygen atoms in total. The predicted molar refractivity (Wildman–Crippen MR) is 116 cm³/mol. The maximum atomic E-state index is 13.3. The van der Waals surface area contributed by atoms with Gasteiger partial charge < -0.3 is 16.0 Å². The van der Waals surface area contributed by atoms with E-state index in [4.69, 9.17) is 5.73 Å². The molecule has 1 fully saturated rings. The van der Waals surface area contributed by atoms with E-state index in [1.807, 2.05) is 25.1 Å². The number of carbonyl (C=O) groups excluding carboxylic acids is 2. The van der Waals surface area contributed by atoms with Crippen LogP contribution in [0.2, 0.25) is 0 Å². The second-order valence-electron chi connectivity index (χ2n) is 8.39. The van der Waals surface area contributed by atoms with Crippen molar-refractivity contribution >= 4 is 34.2 Å². The van der Waals surface area contributed by atoms with Crippen LogP contribution in [0.25, 0.3) is 10.9 Å². The average molecular weight is 406 g/mol. The molecule has 2 aromatic heterocycles. The molecule has 156 valence electrons. The molecule has 1 aliphatic rings. The van der Waals surface area contributed by atoms with Gasteiger partial charge in [0.25, 0.3) is 0 Å². The fourth-order valence-corrected chi connectivity index (χ4v) is 4.11. The van der Waals surface area contributed by atoms with Crippen molar-refractivity contribution in [3.05, 3.63) is 47.8 Å². The predicted octanol–water partition coefficient (Wildman–Crippen LogP) is 2.96. The van der Waals surface area contributed by atoms with Gasteiger partial charge in [-0.2, -0.15) is 5.10 Å². The second kappa shape index (κ2) is 7.44. The van der Waals surface area contributed by atoms with Gasteiger partial charge in [0.05, 0.1) is 29.1 Å². The van der Waals surface area contributed by atoms with Gasteiger partial charge in [-0.15, -0.1) is 0 Å². The summed E-state index contributed by atoms with van der Waals surface area (Å²) in [6.45, 7) is 6.45. The highest BCUT2D eigenvalue weighted by molar-refractivity contribution is 6.39. The van der Waals surface area contributed by atoms with Crippen molar-refractivity contribution in [3.8, 4) is 0 Å². The first kappa shape index (κ1) is 19.9. The van der Waals surface area contributed by atoms with Crippen LogP contribution in [0.3, 0.4) is 0 Å². The van der Waals surface area contributed by atoms with Crippen LogP contribution in [0.15, 0.2) is 36.7 Å². The first-order valence-electron chi connectivity index (χ1n) is 10.1. The number of aromatic nitrogens is 3. The number of nitrogens with one attached hydrogen (secondary N) is 2. The van der Waals surface area contributed by atoms with Gasteiger partial charge in [-0.3, -0.25) is 14.7 Å². The van der Waals surface area contributed by atoms with Gasteiger partial charge in [0.15, 0.2) is 0 Å². The molecular weight excluding hydrogens is 380 g/mol. The van der Waals surface area contributed by atoms with Crippen molar-refractivity contribution in [2.24, 2.45) is 5.92 Å². The van der Waals surface area contributed by atoms with Crippen LogP contribution in [0.4, 0.5) is 11.5 Å². The molecule has 0 saturated carbocycles. The minimum Gasteiger partial charge on any atom is -0.383 e. The van der Waals surface area contributed by atoms with E-state index in [1.54, 1.807) is 24.1 Å². The van der Waals surface area contributed by atoms with E-state index in [2.05, 4.69) is 27.4 Å². The fraction of sp³-hybridized carbons (Fsp3) is 0.364. The molecule has 1 saturated heterocycles. The molecule has 0 bridgehead atoms. The summed E-state index contributed by atoms with van der Waals surface area (Å²) in [4.78, 5) is 31.8. The first-order valence-corrected chi connectivity index (χ1v) is 10.1. The topological polar surface area (TPSA) is 117 Å². The number of aryl methyl sites for hydroxylation is 1. The maximum absolute atomic E-state index is 13.3. The van der Waals surface area contributed by atoms with Gasteiger partial charge in [-0.05, 0) is 61.9 Å². The molecule has 4 rings (SSSR count). The second-order valence-corrected chi connectivity index (χ2v) is 8.39. The largest absolute Gasteiger partial charge is 0.383 e. The number of nitrogen functional groups attached to an aromatic ring is 1. The maximum Gasteiger partial charge on any atom is 0.313 e. The number of hydrogen-bond acceptors (Lipinski definition) is 5. The zero-order valence-corrected chi connectivity index (χ0v) is 17.4. The van der Waals surface area contributed by atoms with Gasteiger partial charge in [0, 0.05) is 11.9 Å². The smallest absolute Gasteiger partial charge is 0.313 e. The lowest BCUT2D eigenvalue weighted by atomic mass is 9.78. The van der Waals surface area contributed by atoms with E-state index in [-0.39, 0.29) is 0 Å². The summed E-state index contributed by atoms with van der Waals surface area (Å²) in [5, 5.41) is 10.7. The standard InChI is InChI=1S/C22H26N6O2/c1-13-6-7-22(3,16-4-5-18-15(9-16)10-25-27-18)28(12-13)21(30)20(29)26-17-8-14(2)19(23)24-11-17/h4-5,8-11,13H,6-7,12H2,1-3H3,(H2,23,24)(H,25,27)(H,26,29)/t13-,22-/m0/s1. The summed E-state index contributed by atoms with van der Waals surface area (Å²) in [6.07, 6.45) is 4.98. The minimum atomic E-state index is -0.675. The molecule has 0 radical (unpaired) electrons. The molecule has 0 unspecified atom stereocenters. The number of nitrogens with two attached hydrogens (primary N) is 1. The van der Waals surface area contributed by atoms with E-state index >= 15 is 0 Å².